The van der Waals surface area contributed by atoms with Crippen molar-refractivity contribution < 1.29 is 9.53 Å². The summed E-state index contributed by atoms with van der Waals surface area (Å²) in [6, 6.07) is 5.89. The standard InChI is InChI=1S/C11H14O2S/c1-4-8-5-6-9(14-3)7-10(8)11(12)13-2/h5-7H,4H2,1-3H3. The summed E-state index contributed by atoms with van der Waals surface area (Å²) in [7, 11) is 1.41. The Morgan fingerprint density at radius 3 is 2.71 bits per heavy atom. The molecule has 2 nitrogen and oxygen atoms in total. The van der Waals surface area contributed by atoms with Crippen LogP contribution in [0.5, 0.6) is 0 Å². The van der Waals surface area contributed by atoms with Gasteiger partial charge < -0.3 is 4.74 Å². The Balaban J connectivity index is 3.14. The average Bonchev–Trinajstić information content (AvgIpc) is 2.27. The lowest BCUT2D eigenvalue weighted by Crippen LogP contribution is -2.05. The minimum Gasteiger partial charge on any atom is -0.465 e. The van der Waals surface area contributed by atoms with Crippen molar-refractivity contribution in [3.63, 3.8) is 0 Å². The number of hydrogen-bond acceptors (Lipinski definition) is 3. The Morgan fingerprint density at radius 2 is 2.21 bits per heavy atom. The van der Waals surface area contributed by atoms with Gasteiger partial charge in [0.2, 0.25) is 0 Å². The van der Waals surface area contributed by atoms with Crippen molar-refractivity contribution >= 4 is 17.7 Å². The maximum atomic E-state index is 11.4. The molecule has 0 aliphatic rings. The second-order valence-electron chi connectivity index (χ2n) is 2.87. The number of methoxy groups -OCH3 is 1. The number of aryl methyl sites for hydroxylation is 1. The summed E-state index contributed by atoms with van der Waals surface area (Å²) in [6.07, 6.45) is 2.83. The van der Waals surface area contributed by atoms with Crippen molar-refractivity contribution in [2.45, 2.75) is 18.2 Å². The first-order chi connectivity index (χ1) is 6.72. The third-order valence-electron chi connectivity index (χ3n) is 2.10. The summed E-state index contributed by atoms with van der Waals surface area (Å²) < 4.78 is 4.73. The second-order valence-corrected chi connectivity index (χ2v) is 3.75. The Labute approximate surface area is 88.7 Å². The molecule has 0 bridgehead atoms. The van der Waals surface area contributed by atoms with E-state index >= 15 is 0 Å². The maximum Gasteiger partial charge on any atom is 0.338 e. The predicted octanol–water partition coefficient (Wildman–Crippen LogP) is 2.76. The first kappa shape index (κ1) is 11.1. The lowest BCUT2D eigenvalue weighted by molar-refractivity contribution is 0.0599. The highest BCUT2D eigenvalue weighted by molar-refractivity contribution is 7.98. The summed E-state index contributed by atoms with van der Waals surface area (Å²) in [5, 5.41) is 0. The van der Waals surface area contributed by atoms with Crippen LogP contribution in [0.1, 0.15) is 22.8 Å². The normalized spacial score (nSPS) is 9.93. The van der Waals surface area contributed by atoms with E-state index < -0.39 is 0 Å². The fourth-order valence-electron chi connectivity index (χ4n) is 1.29. The molecule has 1 aromatic rings. The molecule has 0 amide bonds. The summed E-state index contributed by atoms with van der Waals surface area (Å²) in [5.41, 5.74) is 1.72. The van der Waals surface area contributed by atoms with Gasteiger partial charge in [-0.15, -0.1) is 11.8 Å². The van der Waals surface area contributed by atoms with E-state index in [1.165, 1.54) is 7.11 Å². The van der Waals surface area contributed by atoms with E-state index in [0.29, 0.717) is 5.56 Å². The summed E-state index contributed by atoms with van der Waals surface area (Å²) in [5.74, 6) is -0.252. The van der Waals surface area contributed by atoms with Crippen molar-refractivity contribution in [1.82, 2.24) is 0 Å². The van der Waals surface area contributed by atoms with Gasteiger partial charge in [0.05, 0.1) is 12.7 Å². The summed E-state index contributed by atoms with van der Waals surface area (Å²) >= 11 is 1.62. The Kier molecular flexibility index (Phi) is 4.01. The first-order valence-electron chi connectivity index (χ1n) is 4.48. The molecule has 0 N–H and O–H groups in total. The van der Waals surface area contributed by atoms with E-state index in [4.69, 9.17) is 4.74 Å². The third-order valence-corrected chi connectivity index (χ3v) is 2.83. The summed E-state index contributed by atoms with van der Waals surface area (Å²) in [6.45, 7) is 2.03. The van der Waals surface area contributed by atoms with Gasteiger partial charge >= 0.3 is 5.97 Å². The number of ether oxygens (including phenoxy) is 1. The number of thioether (sulfide) groups is 1. The molecule has 0 atom stereocenters. The topological polar surface area (TPSA) is 26.3 Å². The fraction of sp³-hybridized carbons (Fsp3) is 0.364. The van der Waals surface area contributed by atoms with E-state index in [2.05, 4.69) is 0 Å². The molecule has 1 aromatic carbocycles. The van der Waals surface area contributed by atoms with E-state index in [0.717, 1.165) is 16.9 Å². The van der Waals surface area contributed by atoms with Crippen LogP contribution >= 0.6 is 11.8 Å². The molecule has 0 fully saturated rings. The number of hydrogen-bond donors (Lipinski definition) is 0. The van der Waals surface area contributed by atoms with Gasteiger partial charge in [-0.25, -0.2) is 4.79 Å². The van der Waals surface area contributed by atoms with Gasteiger partial charge in [0.1, 0.15) is 0 Å². The van der Waals surface area contributed by atoms with E-state index in [-0.39, 0.29) is 5.97 Å². The molecule has 0 spiro atoms. The molecule has 14 heavy (non-hydrogen) atoms. The van der Waals surface area contributed by atoms with Crippen molar-refractivity contribution in [1.29, 1.82) is 0 Å². The summed E-state index contributed by atoms with van der Waals surface area (Å²) in [4.78, 5) is 12.5. The number of rotatable bonds is 3. The van der Waals surface area contributed by atoms with Gasteiger partial charge in [0.25, 0.3) is 0 Å². The predicted molar refractivity (Wildman–Crippen MR) is 58.9 cm³/mol. The Hall–Kier alpha value is -0.960. The first-order valence-corrected chi connectivity index (χ1v) is 5.70. The monoisotopic (exact) mass is 210 g/mol. The second kappa shape index (κ2) is 5.05. The van der Waals surface area contributed by atoms with Gasteiger partial charge in [0, 0.05) is 4.90 Å². The molecule has 0 aliphatic heterocycles. The molecule has 0 saturated carbocycles. The largest absolute Gasteiger partial charge is 0.465 e. The molecule has 0 unspecified atom stereocenters. The van der Waals surface area contributed by atoms with Crippen LogP contribution in [0.3, 0.4) is 0 Å². The van der Waals surface area contributed by atoms with Gasteiger partial charge in [-0.05, 0) is 30.4 Å². The molecule has 3 heteroatoms. The van der Waals surface area contributed by atoms with Crippen LogP contribution in [0.15, 0.2) is 23.1 Å². The van der Waals surface area contributed by atoms with Crippen LogP contribution in [-0.2, 0) is 11.2 Å². The third kappa shape index (κ3) is 2.29. The minimum absolute atomic E-state index is 0.252. The molecular formula is C11H14O2S. The maximum absolute atomic E-state index is 11.4. The van der Waals surface area contributed by atoms with Crippen LogP contribution in [0.25, 0.3) is 0 Å². The zero-order valence-corrected chi connectivity index (χ0v) is 9.48. The van der Waals surface area contributed by atoms with Crippen LogP contribution < -0.4 is 0 Å². The minimum atomic E-state index is -0.252. The molecule has 0 saturated heterocycles. The fourth-order valence-corrected chi connectivity index (χ4v) is 1.73. The highest BCUT2D eigenvalue weighted by atomic mass is 32.2. The van der Waals surface area contributed by atoms with Crippen LogP contribution in [0.4, 0.5) is 0 Å². The zero-order chi connectivity index (χ0) is 10.6. The smallest absolute Gasteiger partial charge is 0.338 e. The molecule has 1 rings (SSSR count). The van der Waals surface area contributed by atoms with Crippen molar-refractivity contribution in [3.05, 3.63) is 29.3 Å². The SMILES string of the molecule is CCc1ccc(SC)cc1C(=O)OC. The molecule has 76 valence electrons. The van der Waals surface area contributed by atoms with E-state index in [1.54, 1.807) is 11.8 Å². The van der Waals surface area contributed by atoms with Gasteiger partial charge in [-0.2, -0.15) is 0 Å². The van der Waals surface area contributed by atoms with Gasteiger partial charge in [-0.1, -0.05) is 13.0 Å². The van der Waals surface area contributed by atoms with Crippen LogP contribution in [0, 0.1) is 0 Å². The zero-order valence-electron chi connectivity index (χ0n) is 8.66. The van der Waals surface area contributed by atoms with Crippen molar-refractivity contribution in [3.8, 4) is 0 Å². The van der Waals surface area contributed by atoms with Gasteiger partial charge in [0.15, 0.2) is 0 Å². The molecular weight excluding hydrogens is 196 g/mol. The number of esters is 1. The molecule has 0 aromatic heterocycles. The van der Waals surface area contributed by atoms with Crippen LogP contribution in [0.2, 0.25) is 0 Å². The van der Waals surface area contributed by atoms with E-state index in [1.807, 2.05) is 31.4 Å². The lowest BCUT2D eigenvalue weighted by Gasteiger charge is -2.07. The number of benzene rings is 1. The highest BCUT2D eigenvalue weighted by Crippen LogP contribution is 2.20. The molecule has 0 heterocycles. The van der Waals surface area contributed by atoms with Crippen molar-refractivity contribution in [2.75, 3.05) is 13.4 Å². The Morgan fingerprint density at radius 1 is 1.50 bits per heavy atom. The quantitative estimate of drug-likeness (QED) is 0.567. The highest BCUT2D eigenvalue weighted by Gasteiger charge is 2.10. The lowest BCUT2D eigenvalue weighted by atomic mass is 10.1. The molecule has 0 aliphatic carbocycles. The molecule has 0 radical (unpaired) electrons. The Bertz CT molecular complexity index is 334. The number of carbonyl (C=O) groups is 1. The number of carbonyl (C=O) groups excluding carboxylic acids is 1. The van der Waals surface area contributed by atoms with Gasteiger partial charge in [-0.3, -0.25) is 0 Å². The van der Waals surface area contributed by atoms with Crippen molar-refractivity contribution in [2.24, 2.45) is 0 Å². The van der Waals surface area contributed by atoms with E-state index in [9.17, 15) is 4.79 Å². The van der Waals surface area contributed by atoms with Crippen LogP contribution in [-0.4, -0.2) is 19.3 Å². The average molecular weight is 210 g/mol.